The van der Waals surface area contributed by atoms with Crippen LogP contribution in [0.2, 0.25) is 0 Å². The second-order valence-electron chi connectivity index (χ2n) is 7.56. The highest BCUT2D eigenvalue weighted by atomic mass is 16.6. The van der Waals surface area contributed by atoms with Gasteiger partial charge in [0.15, 0.2) is 0 Å². The summed E-state index contributed by atoms with van der Waals surface area (Å²) >= 11 is 0. The van der Waals surface area contributed by atoms with Crippen molar-refractivity contribution in [3.8, 4) is 11.1 Å². The number of carbonyl (C=O) groups is 2. The number of carboxylic acids is 1. The lowest BCUT2D eigenvalue weighted by Crippen LogP contribution is -2.42. The third kappa shape index (κ3) is 4.83. The Labute approximate surface area is 192 Å². The molecule has 9 heteroatoms. The summed E-state index contributed by atoms with van der Waals surface area (Å²) in [6.07, 6.45) is -0.0625. The normalized spacial score (nSPS) is 11.6. The number of carbonyl (C=O) groups excluding carboxylic acids is 1. The number of hydrogen-bond donors (Lipinski definition) is 2. The number of nitrogens with zero attached hydrogens (tertiary/aromatic N) is 1. The zero-order chi connectivity index (χ0) is 24.2. The third-order valence-corrected chi connectivity index (χ3v) is 5.27. The minimum atomic E-state index is -1.26. The molecule has 1 amide bonds. The minimum absolute atomic E-state index is 0.0625. The molecule has 3 aromatic carbocycles. The Balaban J connectivity index is 1.56. The van der Waals surface area contributed by atoms with Gasteiger partial charge in [0.1, 0.15) is 11.6 Å². The van der Waals surface area contributed by atoms with Crippen molar-refractivity contribution in [3.05, 3.63) is 111 Å². The van der Waals surface area contributed by atoms with Crippen molar-refractivity contribution < 1.29 is 24.0 Å². The van der Waals surface area contributed by atoms with Crippen LogP contribution in [0.3, 0.4) is 0 Å². The molecule has 0 bridgehead atoms. The van der Waals surface area contributed by atoms with Crippen molar-refractivity contribution in [1.82, 2.24) is 5.32 Å². The number of amides is 1. The lowest BCUT2D eigenvalue weighted by molar-refractivity contribution is -0.384. The summed E-state index contributed by atoms with van der Waals surface area (Å²) in [5, 5.41) is 23.5. The first-order valence-electron chi connectivity index (χ1n) is 10.2. The van der Waals surface area contributed by atoms with Crippen molar-refractivity contribution in [2.75, 3.05) is 0 Å². The lowest BCUT2D eigenvalue weighted by Gasteiger charge is -2.15. The van der Waals surface area contributed by atoms with Gasteiger partial charge in [-0.25, -0.2) is 9.59 Å². The van der Waals surface area contributed by atoms with Crippen LogP contribution < -0.4 is 10.9 Å². The van der Waals surface area contributed by atoms with Crippen LogP contribution in [0.4, 0.5) is 5.69 Å². The Morgan fingerprint density at radius 2 is 1.74 bits per heavy atom. The first kappa shape index (κ1) is 22.4. The molecule has 0 radical (unpaired) electrons. The molecule has 1 aromatic heterocycles. The van der Waals surface area contributed by atoms with E-state index in [9.17, 15) is 29.6 Å². The third-order valence-electron chi connectivity index (χ3n) is 5.27. The van der Waals surface area contributed by atoms with Gasteiger partial charge in [-0.3, -0.25) is 14.9 Å². The average molecular weight is 458 g/mol. The molecule has 0 spiro atoms. The molecule has 0 fully saturated rings. The molecule has 0 aliphatic heterocycles. The van der Waals surface area contributed by atoms with Crippen LogP contribution in [0.1, 0.15) is 15.9 Å². The summed E-state index contributed by atoms with van der Waals surface area (Å²) in [7, 11) is 0. The molecule has 9 nitrogen and oxygen atoms in total. The quantitative estimate of drug-likeness (QED) is 0.244. The summed E-state index contributed by atoms with van der Waals surface area (Å²) in [6.45, 7) is 0. The van der Waals surface area contributed by atoms with E-state index in [1.807, 2.05) is 6.07 Å². The molecule has 0 aliphatic rings. The van der Waals surface area contributed by atoms with Crippen LogP contribution in [-0.4, -0.2) is 27.9 Å². The van der Waals surface area contributed by atoms with Gasteiger partial charge in [0, 0.05) is 29.5 Å². The number of para-hydroxylation sites is 1. The number of fused-ring (bicyclic) bond motifs is 1. The standard InChI is InChI=1S/C25H18N2O7/c28-23(26-21(24(29)30)12-15-8-10-19(11-9-15)27(32)33)18-6-3-5-16(13-18)20-14-17-4-1-2-7-22(17)34-25(20)31/h1-11,13-14,21H,12H2,(H,26,28)(H,29,30)/t21-/m0/s1. The predicted octanol–water partition coefficient (Wildman–Crippen LogP) is 3.79. The smallest absolute Gasteiger partial charge is 0.344 e. The zero-order valence-electron chi connectivity index (χ0n) is 17.6. The maximum atomic E-state index is 12.8. The van der Waals surface area contributed by atoms with E-state index >= 15 is 0 Å². The maximum absolute atomic E-state index is 12.8. The van der Waals surface area contributed by atoms with Crippen molar-refractivity contribution in [3.63, 3.8) is 0 Å². The Hall–Kier alpha value is -4.79. The summed E-state index contributed by atoms with van der Waals surface area (Å²) in [6, 6.07) is 19.1. The highest BCUT2D eigenvalue weighted by Crippen LogP contribution is 2.22. The number of nitro benzene ring substituents is 1. The van der Waals surface area contributed by atoms with Gasteiger partial charge in [0.25, 0.3) is 11.6 Å². The molecule has 0 aliphatic carbocycles. The van der Waals surface area contributed by atoms with Crippen LogP contribution in [0.15, 0.2) is 88.1 Å². The lowest BCUT2D eigenvalue weighted by atomic mass is 10.0. The molecular formula is C25H18N2O7. The van der Waals surface area contributed by atoms with Gasteiger partial charge >= 0.3 is 11.6 Å². The van der Waals surface area contributed by atoms with Crippen molar-refractivity contribution in [1.29, 1.82) is 0 Å². The topological polar surface area (TPSA) is 140 Å². The van der Waals surface area contributed by atoms with Gasteiger partial charge in [0.2, 0.25) is 0 Å². The van der Waals surface area contributed by atoms with E-state index in [1.54, 1.807) is 36.4 Å². The fourth-order valence-corrected chi connectivity index (χ4v) is 3.52. The Kier molecular flexibility index (Phi) is 6.18. The molecule has 1 atom stereocenters. The molecular weight excluding hydrogens is 440 g/mol. The van der Waals surface area contributed by atoms with Crippen LogP contribution in [-0.2, 0) is 11.2 Å². The number of non-ortho nitro benzene ring substituents is 1. The second kappa shape index (κ2) is 9.37. The van der Waals surface area contributed by atoms with Gasteiger partial charge < -0.3 is 14.8 Å². The van der Waals surface area contributed by atoms with Gasteiger partial charge in [-0.1, -0.05) is 42.5 Å². The monoisotopic (exact) mass is 458 g/mol. The maximum Gasteiger partial charge on any atom is 0.344 e. The number of nitrogens with one attached hydrogen (secondary N) is 1. The van der Waals surface area contributed by atoms with E-state index in [0.717, 1.165) is 5.39 Å². The van der Waals surface area contributed by atoms with Crippen molar-refractivity contribution >= 4 is 28.5 Å². The average Bonchev–Trinajstić information content (AvgIpc) is 2.83. The van der Waals surface area contributed by atoms with E-state index in [0.29, 0.717) is 16.7 Å². The Morgan fingerprint density at radius 3 is 2.44 bits per heavy atom. The fourth-order valence-electron chi connectivity index (χ4n) is 3.52. The number of carboxylic acid groups (broad SMARTS) is 1. The second-order valence-corrected chi connectivity index (χ2v) is 7.56. The molecule has 0 saturated carbocycles. The molecule has 4 rings (SSSR count). The fraction of sp³-hybridized carbons (Fsp3) is 0.0800. The Morgan fingerprint density at radius 1 is 1.00 bits per heavy atom. The summed E-state index contributed by atoms with van der Waals surface area (Å²) in [5.41, 5.74) is 1.18. The van der Waals surface area contributed by atoms with Crippen molar-refractivity contribution in [2.24, 2.45) is 0 Å². The van der Waals surface area contributed by atoms with Crippen LogP contribution in [0.5, 0.6) is 0 Å². The van der Waals surface area contributed by atoms with Gasteiger partial charge in [-0.05, 0) is 35.4 Å². The van der Waals surface area contributed by atoms with Gasteiger partial charge in [0.05, 0.1) is 10.5 Å². The molecule has 170 valence electrons. The molecule has 2 N–H and O–H groups in total. The van der Waals surface area contributed by atoms with E-state index in [1.165, 1.54) is 36.4 Å². The van der Waals surface area contributed by atoms with Gasteiger partial charge in [-0.15, -0.1) is 0 Å². The molecule has 0 unspecified atom stereocenters. The highest BCUT2D eigenvalue weighted by molar-refractivity contribution is 5.97. The Bertz CT molecular complexity index is 1460. The van der Waals surface area contributed by atoms with Crippen LogP contribution >= 0.6 is 0 Å². The number of rotatable bonds is 7. The summed E-state index contributed by atoms with van der Waals surface area (Å²) in [4.78, 5) is 47.2. The minimum Gasteiger partial charge on any atom is -0.480 e. The van der Waals surface area contributed by atoms with E-state index < -0.39 is 28.5 Å². The molecule has 4 aromatic rings. The van der Waals surface area contributed by atoms with Crippen LogP contribution in [0, 0.1) is 10.1 Å². The van der Waals surface area contributed by atoms with Crippen LogP contribution in [0.25, 0.3) is 22.1 Å². The first-order chi connectivity index (χ1) is 16.3. The highest BCUT2D eigenvalue weighted by Gasteiger charge is 2.22. The van der Waals surface area contributed by atoms with Crippen molar-refractivity contribution in [2.45, 2.75) is 12.5 Å². The SMILES string of the molecule is O=C(N[C@@H](Cc1ccc([N+](=O)[O-])cc1)C(=O)O)c1cccc(-c2cc3ccccc3oc2=O)c1. The number of nitro groups is 1. The van der Waals surface area contributed by atoms with Gasteiger partial charge in [-0.2, -0.15) is 0 Å². The zero-order valence-corrected chi connectivity index (χ0v) is 17.6. The largest absolute Gasteiger partial charge is 0.480 e. The molecule has 0 saturated heterocycles. The summed E-state index contributed by atoms with van der Waals surface area (Å²) < 4.78 is 5.36. The first-order valence-corrected chi connectivity index (χ1v) is 10.2. The van der Waals surface area contributed by atoms with E-state index in [4.69, 9.17) is 4.42 Å². The number of aliphatic carboxylic acids is 1. The van der Waals surface area contributed by atoms with E-state index in [-0.39, 0.29) is 23.2 Å². The summed E-state index contributed by atoms with van der Waals surface area (Å²) in [5.74, 6) is -1.89. The number of benzene rings is 3. The number of hydrogen-bond acceptors (Lipinski definition) is 6. The molecule has 1 heterocycles. The predicted molar refractivity (Wildman–Crippen MR) is 124 cm³/mol. The van der Waals surface area contributed by atoms with E-state index in [2.05, 4.69) is 5.32 Å². The molecule has 34 heavy (non-hydrogen) atoms.